The van der Waals surface area contributed by atoms with Gasteiger partial charge in [-0.1, -0.05) is 29.8 Å². The van der Waals surface area contributed by atoms with Crippen molar-refractivity contribution in [3.05, 3.63) is 57.3 Å². The molecule has 0 aliphatic heterocycles. The van der Waals surface area contributed by atoms with Crippen LogP contribution in [-0.4, -0.2) is 5.78 Å². The number of thiophene rings is 1. The molecular weight excluding hydrogens is 292 g/mol. The Balaban J connectivity index is 2.37. The first kappa shape index (κ1) is 15.9. The van der Waals surface area contributed by atoms with E-state index in [4.69, 9.17) is 0 Å². The highest BCUT2D eigenvalue weighted by molar-refractivity contribution is 7.12. The lowest BCUT2D eigenvalue weighted by Gasteiger charge is -2.19. The second-order valence-electron chi connectivity index (χ2n) is 5.31. The lowest BCUT2D eigenvalue weighted by atomic mass is 9.81. The van der Waals surface area contributed by atoms with Crippen LogP contribution in [0.2, 0.25) is 0 Å². The highest BCUT2D eigenvalue weighted by Gasteiger charge is 2.27. The van der Waals surface area contributed by atoms with E-state index in [2.05, 4.69) is 0 Å². The van der Waals surface area contributed by atoms with Gasteiger partial charge in [-0.25, -0.2) is 0 Å². The fourth-order valence-electron chi connectivity index (χ4n) is 2.60. The summed E-state index contributed by atoms with van der Waals surface area (Å²) in [5.74, 6) is -1.24. The van der Waals surface area contributed by atoms with Gasteiger partial charge in [0.2, 0.25) is 0 Å². The van der Waals surface area contributed by atoms with E-state index in [0.29, 0.717) is 4.88 Å². The quantitative estimate of drug-likeness (QED) is 0.770. The van der Waals surface area contributed by atoms with Crippen LogP contribution < -0.4 is 0 Å². The molecular formula is C18H16N2OS. The number of rotatable bonds is 5. The molecule has 0 bridgehead atoms. The molecule has 0 amide bonds. The van der Waals surface area contributed by atoms with Crippen LogP contribution in [0.25, 0.3) is 0 Å². The third-order valence-electron chi connectivity index (χ3n) is 3.71. The third-order valence-corrected chi connectivity index (χ3v) is 4.62. The Morgan fingerprint density at radius 1 is 1.23 bits per heavy atom. The highest BCUT2D eigenvalue weighted by Crippen LogP contribution is 2.32. The molecule has 0 aliphatic carbocycles. The molecule has 22 heavy (non-hydrogen) atoms. The van der Waals surface area contributed by atoms with Crippen molar-refractivity contribution in [2.45, 2.75) is 26.2 Å². The summed E-state index contributed by atoms with van der Waals surface area (Å²) in [6.45, 7) is 3.95. The maximum absolute atomic E-state index is 12.4. The number of nitrogens with zero attached hydrogens (tertiary/aromatic N) is 2. The molecule has 0 saturated heterocycles. The monoisotopic (exact) mass is 308 g/mol. The van der Waals surface area contributed by atoms with Crippen molar-refractivity contribution in [3.8, 4) is 12.1 Å². The number of Topliss-reactive ketones (excluding diaryl/α,β-unsaturated/α-hetero) is 1. The second kappa shape index (κ2) is 7.02. The van der Waals surface area contributed by atoms with Gasteiger partial charge in [-0.3, -0.25) is 4.79 Å². The van der Waals surface area contributed by atoms with Crippen molar-refractivity contribution in [2.75, 3.05) is 0 Å². The van der Waals surface area contributed by atoms with Gasteiger partial charge in [0.1, 0.15) is 5.92 Å². The number of hydrogen-bond donors (Lipinski definition) is 0. The SMILES string of the molecule is Cc1ccc([C@@H](CC(=O)c2cccs2)C(C#N)C#N)c(C)c1. The standard InChI is InChI=1S/C18H16N2OS/c1-12-5-6-15(13(2)8-12)16(14(10-19)11-20)9-17(21)18-4-3-7-22-18/h3-8,14,16H,9H2,1-2H3/t16-/m0/s1. The Hall–Kier alpha value is -2.43. The number of carbonyl (C=O) groups is 1. The van der Waals surface area contributed by atoms with Crippen LogP contribution in [-0.2, 0) is 0 Å². The summed E-state index contributed by atoms with van der Waals surface area (Å²) in [5, 5.41) is 20.4. The summed E-state index contributed by atoms with van der Waals surface area (Å²) < 4.78 is 0. The first-order chi connectivity index (χ1) is 10.6. The van der Waals surface area contributed by atoms with Gasteiger partial charge in [0.25, 0.3) is 0 Å². The minimum atomic E-state index is -0.828. The predicted molar refractivity (Wildman–Crippen MR) is 86.6 cm³/mol. The fraction of sp³-hybridized carbons (Fsp3) is 0.278. The fourth-order valence-corrected chi connectivity index (χ4v) is 3.27. The van der Waals surface area contributed by atoms with Crippen LogP contribution in [0, 0.1) is 42.4 Å². The molecule has 0 saturated carbocycles. The smallest absolute Gasteiger partial charge is 0.173 e. The molecule has 1 heterocycles. The van der Waals surface area contributed by atoms with Crippen molar-refractivity contribution in [3.63, 3.8) is 0 Å². The Bertz CT molecular complexity index is 736. The van der Waals surface area contributed by atoms with E-state index < -0.39 is 11.8 Å². The van der Waals surface area contributed by atoms with Crippen molar-refractivity contribution < 1.29 is 4.79 Å². The van der Waals surface area contributed by atoms with Crippen LogP contribution in [0.3, 0.4) is 0 Å². The number of benzene rings is 1. The van der Waals surface area contributed by atoms with E-state index in [9.17, 15) is 15.3 Å². The summed E-state index contributed by atoms with van der Waals surface area (Å²) >= 11 is 1.39. The molecule has 4 heteroatoms. The molecule has 2 rings (SSSR count). The first-order valence-corrected chi connectivity index (χ1v) is 7.88. The van der Waals surface area contributed by atoms with Crippen molar-refractivity contribution in [1.82, 2.24) is 0 Å². The minimum Gasteiger partial charge on any atom is -0.293 e. The van der Waals surface area contributed by atoms with Gasteiger partial charge >= 0.3 is 0 Å². The zero-order chi connectivity index (χ0) is 16.1. The minimum absolute atomic E-state index is 0.0181. The summed E-state index contributed by atoms with van der Waals surface area (Å²) in [7, 11) is 0. The number of hydrogen-bond acceptors (Lipinski definition) is 4. The number of carbonyl (C=O) groups excluding carboxylic acids is 1. The van der Waals surface area contributed by atoms with Gasteiger partial charge in [0, 0.05) is 12.3 Å². The summed E-state index contributed by atoms with van der Waals surface area (Å²) in [6, 6.07) is 13.6. The van der Waals surface area contributed by atoms with Gasteiger partial charge in [0.05, 0.1) is 17.0 Å². The van der Waals surface area contributed by atoms with Crippen LogP contribution >= 0.6 is 11.3 Å². The van der Waals surface area contributed by atoms with Crippen molar-refractivity contribution in [2.24, 2.45) is 5.92 Å². The summed E-state index contributed by atoms with van der Waals surface area (Å²) in [5.41, 5.74) is 3.04. The zero-order valence-electron chi connectivity index (χ0n) is 12.5. The maximum atomic E-state index is 12.4. The second-order valence-corrected chi connectivity index (χ2v) is 6.25. The summed E-state index contributed by atoms with van der Waals surface area (Å²) in [4.78, 5) is 13.1. The van der Waals surface area contributed by atoms with Crippen LogP contribution in [0.15, 0.2) is 35.7 Å². The Labute approximate surface area is 134 Å². The van der Waals surface area contributed by atoms with Gasteiger partial charge in [-0.2, -0.15) is 10.5 Å². The highest BCUT2D eigenvalue weighted by atomic mass is 32.1. The molecule has 0 radical (unpaired) electrons. The molecule has 1 atom stereocenters. The van der Waals surface area contributed by atoms with Crippen LogP contribution in [0.5, 0.6) is 0 Å². The van der Waals surface area contributed by atoms with E-state index in [1.165, 1.54) is 11.3 Å². The van der Waals surface area contributed by atoms with E-state index in [1.54, 1.807) is 6.07 Å². The molecule has 0 aliphatic rings. The number of aryl methyl sites for hydroxylation is 2. The van der Waals surface area contributed by atoms with Crippen molar-refractivity contribution >= 4 is 17.1 Å². The lowest BCUT2D eigenvalue weighted by Crippen LogP contribution is -2.15. The zero-order valence-corrected chi connectivity index (χ0v) is 13.4. The average Bonchev–Trinajstić information content (AvgIpc) is 3.02. The van der Waals surface area contributed by atoms with Crippen molar-refractivity contribution in [1.29, 1.82) is 10.5 Å². The molecule has 0 unspecified atom stereocenters. The van der Waals surface area contributed by atoms with E-state index in [0.717, 1.165) is 16.7 Å². The largest absolute Gasteiger partial charge is 0.293 e. The van der Waals surface area contributed by atoms with Crippen LogP contribution in [0.1, 0.15) is 38.7 Å². The Kier molecular flexibility index (Phi) is 5.09. The van der Waals surface area contributed by atoms with E-state index in [1.807, 2.05) is 55.6 Å². The normalized spacial score (nSPS) is 11.7. The molecule has 0 fully saturated rings. The number of nitriles is 2. The molecule has 2 aromatic rings. The average molecular weight is 308 g/mol. The topological polar surface area (TPSA) is 64.7 Å². The van der Waals surface area contributed by atoms with E-state index in [-0.39, 0.29) is 12.2 Å². The van der Waals surface area contributed by atoms with Crippen LogP contribution in [0.4, 0.5) is 0 Å². The van der Waals surface area contributed by atoms with Gasteiger partial charge < -0.3 is 0 Å². The molecule has 0 N–H and O–H groups in total. The number of ketones is 1. The van der Waals surface area contributed by atoms with Gasteiger partial charge in [-0.05, 0) is 36.4 Å². The van der Waals surface area contributed by atoms with E-state index >= 15 is 0 Å². The maximum Gasteiger partial charge on any atom is 0.173 e. The molecule has 1 aromatic carbocycles. The van der Waals surface area contributed by atoms with Gasteiger partial charge in [-0.15, -0.1) is 11.3 Å². The molecule has 0 spiro atoms. The Morgan fingerprint density at radius 2 is 1.95 bits per heavy atom. The third kappa shape index (κ3) is 3.42. The first-order valence-electron chi connectivity index (χ1n) is 7.00. The Morgan fingerprint density at radius 3 is 2.50 bits per heavy atom. The lowest BCUT2D eigenvalue weighted by molar-refractivity contribution is 0.0974. The summed E-state index contributed by atoms with van der Waals surface area (Å²) in [6.07, 6.45) is 0.177. The van der Waals surface area contributed by atoms with Gasteiger partial charge in [0.15, 0.2) is 5.78 Å². The molecule has 110 valence electrons. The molecule has 3 nitrogen and oxygen atoms in total. The predicted octanol–water partition coefficient (Wildman–Crippen LogP) is 4.38. The molecule has 1 aromatic heterocycles.